The Morgan fingerprint density at radius 1 is 0.900 bits per heavy atom. The smallest absolute Gasteiger partial charge is 0.261 e. The lowest BCUT2D eigenvalue weighted by atomic mass is 10.1. The van der Waals surface area contributed by atoms with Crippen LogP contribution in [0.4, 0.5) is 11.4 Å². The Bertz CT molecular complexity index is 1340. The van der Waals surface area contributed by atoms with Crippen LogP contribution >= 0.6 is 11.6 Å². The molecule has 0 fully saturated rings. The van der Waals surface area contributed by atoms with Crippen LogP contribution < -0.4 is 10.0 Å². The summed E-state index contributed by atoms with van der Waals surface area (Å²) >= 11 is 6.06. The molecule has 1 amide bonds. The molecule has 0 unspecified atom stereocenters. The number of aromatic nitrogens is 1. The Balaban J connectivity index is 1.64. The summed E-state index contributed by atoms with van der Waals surface area (Å²) in [6.45, 7) is 0. The van der Waals surface area contributed by atoms with E-state index in [-0.39, 0.29) is 16.1 Å². The standard InChI is InChI=1S/C22H16ClN3O3S/c23-16-9-11-20(26-30(28,29)18-6-2-1-3-7-18)19(13-16)22(27)25-17-10-8-15-5-4-12-24-21(15)14-17/h1-14,26H,(H,25,27). The Labute approximate surface area is 178 Å². The zero-order valence-corrected chi connectivity index (χ0v) is 17.1. The van der Waals surface area contributed by atoms with Crippen molar-refractivity contribution in [2.75, 3.05) is 10.0 Å². The number of rotatable bonds is 5. The number of hydrogen-bond acceptors (Lipinski definition) is 4. The Kier molecular flexibility index (Phi) is 5.39. The van der Waals surface area contributed by atoms with E-state index in [1.54, 1.807) is 36.5 Å². The van der Waals surface area contributed by atoms with Gasteiger partial charge in [-0.05, 0) is 48.5 Å². The molecule has 0 saturated carbocycles. The predicted octanol–water partition coefficient (Wildman–Crippen LogP) is 4.94. The lowest BCUT2D eigenvalue weighted by Crippen LogP contribution is -2.18. The third-order valence-electron chi connectivity index (χ3n) is 4.39. The van der Waals surface area contributed by atoms with E-state index in [1.165, 1.54) is 30.3 Å². The number of halogens is 1. The summed E-state index contributed by atoms with van der Waals surface area (Å²) in [5, 5.41) is 4.02. The molecule has 4 rings (SSSR count). The fraction of sp³-hybridized carbons (Fsp3) is 0. The molecule has 0 atom stereocenters. The van der Waals surface area contributed by atoms with Crippen LogP contribution in [0.3, 0.4) is 0 Å². The lowest BCUT2D eigenvalue weighted by Gasteiger charge is -2.13. The van der Waals surface area contributed by atoms with Gasteiger partial charge in [0.2, 0.25) is 0 Å². The number of anilines is 2. The molecular formula is C22H16ClN3O3S. The first-order valence-electron chi connectivity index (χ1n) is 8.96. The number of pyridine rings is 1. The monoisotopic (exact) mass is 437 g/mol. The Hall–Kier alpha value is -3.42. The van der Waals surface area contributed by atoms with Gasteiger partial charge in [-0.2, -0.15) is 0 Å². The molecule has 0 aliphatic rings. The van der Waals surface area contributed by atoms with E-state index in [4.69, 9.17) is 11.6 Å². The molecule has 1 aromatic heterocycles. The van der Waals surface area contributed by atoms with Crippen LogP contribution in [-0.4, -0.2) is 19.3 Å². The van der Waals surface area contributed by atoms with E-state index in [0.29, 0.717) is 10.7 Å². The molecule has 0 aliphatic carbocycles. The number of hydrogen-bond donors (Lipinski definition) is 2. The molecule has 0 aliphatic heterocycles. The van der Waals surface area contributed by atoms with Gasteiger partial charge < -0.3 is 5.32 Å². The van der Waals surface area contributed by atoms with Gasteiger partial charge in [0.1, 0.15) is 0 Å². The highest BCUT2D eigenvalue weighted by Gasteiger charge is 2.19. The molecule has 0 saturated heterocycles. The van der Waals surface area contributed by atoms with Gasteiger partial charge in [0.25, 0.3) is 15.9 Å². The SMILES string of the molecule is O=C(Nc1ccc2cccnc2c1)c1cc(Cl)ccc1NS(=O)(=O)c1ccccc1. The average Bonchev–Trinajstić information content (AvgIpc) is 2.75. The number of fused-ring (bicyclic) bond motifs is 1. The summed E-state index contributed by atoms with van der Waals surface area (Å²) in [5.41, 5.74) is 1.48. The number of nitrogens with zero attached hydrogens (tertiary/aromatic N) is 1. The number of amides is 1. The van der Waals surface area contributed by atoms with Gasteiger partial charge in [0.05, 0.1) is 21.7 Å². The summed E-state index contributed by atoms with van der Waals surface area (Å²) in [6, 6.07) is 21.4. The second kappa shape index (κ2) is 8.14. The van der Waals surface area contributed by atoms with Crippen molar-refractivity contribution in [3.63, 3.8) is 0 Å². The largest absolute Gasteiger partial charge is 0.322 e. The highest BCUT2D eigenvalue weighted by Crippen LogP contribution is 2.25. The van der Waals surface area contributed by atoms with E-state index in [1.807, 2.05) is 18.2 Å². The van der Waals surface area contributed by atoms with Crippen LogP contribution in [-0.2, 0) is 10.0 Å². The van der Waals surface area contributed by atoms with Gasteiger partial charge in [-0.3, -0.25) is 14.5 Å². The number of carbonyl (C=O) groups excluding carboxylic acids is 1. The summed E-state index contributed by atoms with van der Waals surface area (Å²) in [5.74, 6) is -0.501. The van der Waals surface area contributed by atoms with Crippen LogP contribution in [0.25, 0.3) is 10.9 Å². The van der Waals surface area contributed by atoms with E-state index >= 15 is 0 Å². The Morgan fingerprint density at radius 3 is 2.50 bits per heavy atom. The minimum atomic E-state index is -3.87. The molecule has 1 heterocycles. The maximum atomic E-state index is 12.9. The Morgan fingerprint density at radius 2 is 1.70 bits per heavy atom. The van der Waals surface area contributed by atoms with Crippen LogP contribution in [0.2, 0.25) is 5.02 Å². The average molecular weight is 438 g/mol. The van der Waals surface area contributed by atoms with Gasteiger partial charge in [-0.15, -0.1) is 0 Å². The summed E-state index contributed by atoms with van der Waals surface area (Å²) < 4.78 is 27.8. The molecule has 4 aromatic rings. The second-order valence-corrected chi connectivity index (χ2v) is 8.59. The van der Waals surface area contributed by atoms with E-state index in [9.17, 15) is 13.2 Å². The number of benzene rings is 3. The fourth-order valence-corrected chi connectivity index (χ4v) is 4.21. The molecule has 2 N–H and O–H groups in total. The van der Waals surface area contributed by atoms with Gasteiger partial charge in [0, 0.05) is 22.3 Å². The maximum Gasteiger partial charge on any atom is 0.261 e. The topological polar surface area (TPSA) is 88.2 Å². The molecule has 8 heteroatoms. The van der Waals surface area contributed by atoms with Crippen molar-refractivity contribution >= 4 is 49.8 Å². The molecule has 150 valence electrons. The van der Waals surface area contributed by atoms with Crippen LogP contribution in [0, 0.1) is 0 Å². The van der Waals surface area contributed by atoms with Crippen molar-refractivity contribution in [3.05, 3.63) is 95.6 Å². The maximum absolute atomic E-state index is 12.9. The first kappa shape index (κ1) is 19.9. The van der Waals surface area contributed by atoms with Crippen molar-refractivity contribution in [3.8, 4) is 0 Å². The summed E-state index contributed by atoms with van der Waals surface area (Å²) in [4.78, 5) is 17.3. The van der Waals surface area contributed by atoms with Crippen LogP contribution in [0.1, 0.15) is 10.4 Å². The fourth-order valence-electron chi connectivity index (χ4n) is 2.94. The minimum Gasteiger partial charge on any atom is -0.322 e. The first-order chi connectivity index (χ1) is 14.4. The molecule has 0 bridgehead atoms. The first-order valence-corrected chi connectivity index (χ1v) is 10.8. The molecular weight excluding hydrogens is 422 g/mol. The molecule has 6 nitrogen and oxygen atoms in total. The highest BCUT2D eigenvalue weighted by atomic mass is 35.5. The van der Waals surface area contributed by atoms with Crippen molar-refractivity contribution < 1.29 is 13.2 Å². The van der Waals surface area contributed by atoms with Gasteiger partial charge in [-0.1, -0.05) is 41.9 Å². The van der Waals surface area contributed by atoms with Crippen molar-refractivity contribution in [1.82, 2.24) is 4.98 Å². The predicted molar refractivity (Wildman–Crippen MR) is 118 cm³/mol. The van der Waals surface area contributed by atoms with Crippen molar-refractivity contribution in [2.24, 2.45) is 0 Å². The van der Waals surface area contributed by atoms with E-state index < -0.39 is 15.9 Å². The van der Waals surface area contributed by atoms with Crippen molar-refractivity contribution in [1.29, 1.82) is 0 Å². The zero-order chi connectivity index (χ0) is 21.1. The zero-order valence-electron chi connectivity index (χ0n) is 15.5. The van der Waals surface area contributed by atoms with Crippen LogP contribution in [0.15, 0.2) is 90.0 Å². The van der Waals surface area contributed by atoms with Gasteiger partial charge >= 0.3 is 0 Å². The molecule has 0 spiro atoms. The normalized spacial score (nSPS) is 11.2. The van der Waals surface area contributed by atoms with E-state index in [2.05, 4.69) is 15.0 Å². The third-order valence-corrected chi connectivity index (χ3v) is 6.00. The van der Waals surface area contributed by atoms with Crippen molar-refractivity contribution in [2.45, 2.75) is 4.90 Å². The molecule has 0 radical (unpaired) electrons. The number of carbonyl (C=O) groups is 1. The lowest BCUT2D eigenvalue weighted by molar-refractivity contribution is 0.102. The highest BCUT2D eigenvalue weighted by molar-refractivity contribution is 7.92. The number of sulfonamides is 1. The second-order valence-electron chi connectivity index (χ2n) is 6.47. The summed E-state index contributed by atoms with van der Waals surface area (Å²) in [7, 11) is -3.87. The quantitative estimate of drug-likeness (QED) is 0.462. The van der Waals surface area contributed by atoms with E-state index in [0.717, 1.165) is 10.9 Å². The summed E-state index contributed by atoms with van der Waals surface area (Å²) in [6.07, 6.45) is 1.67. The van der Waals surface area contributed by atoms with Gasteiger partial charge in [0.15, 0.2) is 0 Å². The molecule has 3 aromatic carbocycles. The van der Waals surface area contributed by atoms with Gasteiger partial charge in [-0.25, -0.2) is 8.42 Å². The minimum absolute atomic E-state index is 0.0897. The number of nitrogens with one attached hydrogen (secondary N) is 2. The van der Waals surface area contributed by atoms with Crippen LogP contribution in [0.5, 0.6) is 0 Å². The molecule has 30 heavy (non-hydrogen) atoms. The third kappa shape index (κ3) is 4.27.